The molecule has 3 nitrogen and oxygen atoms in total. The van der Waals surface area contributed by atoms with Crippen molar-refractivity contribution in [3.63, 3.8) is 0 Å². The molecule has 3 rings (SSSR count). The van der Waals surface area contributed by atoms with Gasteiger partial charge in [-0.1, -0.05) is 6.07 Å². The molecule has 15 heavy (non-hydrogen) atoms. The van der Waals surface area contributed by atoms with Crippen LogP contribution in [-0.4, -0.2) is 28.7 Å². The Morgan fingerprint density at radius 3 is 3.33 bits per heavy atom. The minimum atomic E-state index is 0.375. The highest BCUT2D eigenvalue weighted by Gasteiger charge is 2.36. The standard InChI is InChI=1S/C12H16N2O/c1-3-10(9-13-5-1)7-12-8-11-4-2-6-14(11)15-12/h1,3,5,9,11-12H,2,4,6-8H2/t11-,12+/m0/s1. The molecule has 0 aromatic carbocycles. The van der Waals surface area contributed by atoms with Gasteiger partial charge in [0, 0.05) is 31.4 Å². The third kappa shape index (κ3) is 1.90. The lowest BCUT2D eigenvalue weighted by molar-refractivity contribution is -0.146. The Hall–Kier alpha value is -0.930. The lowest BCUT2D eigenvalue weighted by atomic mass is 10.0. The summed E-state index contributed by atoms with van der Waals surface area (Å²) in [5.41, 5.74) is 1.28. The number of nitrogens with zero attached hydrogens (tertiary/aromatic N) is 2. The highest BCUT2D eigenvalue weighted by Crippen LogP contribution is 2.31. The quantitative estimate of drug-likeness (QED) is 0.734. The summed E-state index contributed by atoms with van der Waals surface area (Å²) < 4.78 is 0. The monoisotopic (exact) mass is 204 g/mol. The molecule has 3 heterocycles. The lowest BCUT2D eigenvalue weighted by Gasteiger charge is -2.13. The van der Waals surface area contributed by atoms with E-state index in [1.165, 1.54) is 24.8 Å². The fourth-order valence-corrected chi connectivity index (χ4v) is 2.62. The van der Waals surface area contributed by atoms with Crippen LogP contribution in [0.1, 0.15) is 24.8 Å². The maximum Gasteiger partial charge on any atom is 0.0849 e. The molecule has 0 unspecified atom stereocenters. The van der Waals surface area contributed by atoms with E-state index in [0.717, 1.165) is 13.0 Å². The summed E-state index contributed by atoms with van der Waals surface area (Å²) in [5.74, 6) is 0. The largest absolute Gasteiger partial charge is 0.295 e. The van der Waals surface area contributed by atoms with Gasteiger partial charge in [0.2, 0.25) is 0 Å². The van der Waals surface area contributed by atoms with E-state index in [1.54, 1.807) is 0 Å². The SMILES string of the molecule is c1cncc(C[C@@H]2C[C@@H]3CCCN3O2)c1. The van der Waals surface area contributed by atoms with Gasteiger partial charge in [-0.25, -0.2) is 0 Å². The van der Waals surface area contributed by atoms with Crippen molar-refractivity contribution in [2.75, 3.05) is 6.54 Å². The van der Waals surface area contributed by atoms with E-state index in [4.69, 9.17) is 4.84 Å². The molecular formula is C12H16N2O. The number of hydroxylamine groups is 2. The van der Waals surface area contributed by atoms with Crippen LogP contribution in [0.15, 0.2) is 24.5 Å². The summed E-state index contributed by atoms with van der Waals surface area (Å²) in [4.78, 5) is 10.0. The van der Waals surface area contributed by atoms with Crippen LogP contribution in [0.4, 0.5) is 0 Å². The zero-order chi connectivity index (χ0) is 10.1. The Labute approximate surface area is 90.0 Å². The predicted octanol–water partition coefficient (Wildman–Crippen LogP) is 1.79. The fourth-order valence-electron chi connectivity index (χ4n) is 2.62. The second kappa shape index (κ2) is 3.91. The summed E-state index contributed by atoms with van der Waals surface area (Å²) in [7, 11) is 0. The molecule has 0 saturated carbocycles. The topological polar surface area (TPSA) is 25.4 Å². The van der Waals surface area contributed by atoms with Crippen molar-refractivity contribution in [2.24, 2.45) is 0 Å². The van der Waals surface area contributed by atoms with E-state index in [0.29, 0.717) is 12.1 Å². The average molecular weight is 204 g/mol. The van der Waals surface area contributed by atoms with Gasteiger partial charge < -0.3 is 0 Å². The smallest absolute Gasteiger partial charge is 0.0849 e. The zero-order valence-electron chi connectivity index (χ0n) is 8.80. The van der Waals surface area contributed by atoms with Gasteiger partial charge in [-0.2, -0.15) is 5.06 Å². The van der Waals surface area contributed by atoms with Crippen molar-refractivity contribution >= 4 is 0 Å². The van der Waals surface area contributed by atoms with E-state index in [9.17, 15) is 0 Å². The first-order valence-electron chi connectivity index (χ1n) is 5.74. The minimum Gasteiger partial charge on any atom is -0.295 e. The third-order valence-corrected chi connectivity index (χ3v) is 3.33. The molecule has 3 heteroatoms. The molecular weight excluding hydrogens is 188 g/mol. The predicted molar refractivity (Wildman–Crippen MR) is 57.2 cm³/mol. The van der Waals surface area contributed by atoms with Crippen molar-refractivity contribution in [2.45, 2.75) is 37.8 Å². The Morgan fingerprint density at radius 2 is 2.53 bits per heavy atom. The second-order valence-electron chi connectivity index (χ2n) is 4.47. The summed E-state index contributed by atoms with van der Waals surface area (Å²) in [6.45, 7) is 1.12. The van der Waals surface area contributed by atoms with Gasteiger partial charge in [-0.15, -0.1) is 0 Å². The van der Waals surface area contributed by atoms with Crippen molar-refractivity contribution in [1.29, 1.82) is 0 Å². The van der Waals surface area contributed by atoms with Gasteiger partial charge in [0.1, 0.15) is 0 Å². The van der Waals surface area contributed by atoms with Gasteiger partial charge in [0.15, 0.2) is 0 Å². The zero-order valence-corrected chi connectivity index (χ0v) is 8.80. The number of aromatic nitrogens is 1. The van der Waals surface area contributed by atoms with E-state index >= 15 is 0 Å². The van der Waals surface area contributed by atoms with Crippen LogP contribution < -0.4 is 0 Å². The van der Waals surface area contributed by atoms with Crippen molar-refractivity contribution in [3.05, 3.63) is 30.1 Å². The number of hydrogen-bond acceptors (Lipinski definition) is 3. The summed E-state index contributed by atoms with van der Waals surface area (Å²) in [6, 6.07) is 4.80. The molecule has 0 radical (unpaired) electrons. The maximum atomic E-state index is 5.89. The van der Waals surface area contributed by atoms with Gasteiger partial charge in [-0.05, 0) is 30.9 Å². The first kappa shape index (κ1) is 9.31. The molecule has 1 aromatic rings. The molecule has 80 valence electrons. The first-order valence-corrected chi connectivity index (χ1v) is 5.74. The van der Waals surface area contributed by atoms with Crippen LogP contribution in [0.25, 0.3) is 0 Å². The Morgan fingerprint density at radius 1 is 1.53 bits per heavy atom. The molecule has 2 saturated heterocycles. The molecule has 2 aliphatic rings. The Bertz CT molecular complexity index is 316. The van der Waals surface area contributed by atoms with Crippen molar-refractivity contribution < 1.29 is 4.84 Å². The number of pyridine rings is 1. The first-order chi connectivity index (χ1) is 7.42. The second-order valence-corrected chi connectivity index (χ2v) is 4.47. The van der Waals surface area contributed by atoms with Crippen LogP contribution >= 0.6 is 0 Å². The van der Waals surface area contributed by atoms with Gasteiger partial charge in [-0.3, -0.25) is 9.82 Å². The van der Waals surface area contributed by atoms with E-state index < -0.39 is 0 Å². The molecule has 2 aliphatic heterocycles. The fraction of sp³-hybridized carbons (Fsp3) is 0.583. The van der Waals surface area contributed by atoms with Gasteiger partial charge in [0.25, 0.3) is 0 Å². The van der Waals surface area contributed by atoms with E-state index in [2.05, 4.69) is 16.1 Å². The van der Waals surface area contributed by atoms with Gasteiger partial charge >= 0.3 is 0 Å². The molecule has 0 aliphatic carbocycles. The highest BCUT2D eigenvalue weighted by atomic mass is 16.7. The normalized spacial score (nSPS) is 30.7. The number of rotatable bonds is 2. The molecule has 0 N–H and O–H groups in total. The summed E-state index contributed by atoms with van der Waals surface area (Å²) in [5, 5.41) is 2.18. The molecule has 2 fully saturated rings. The molecule has 0 bridgehead atoms. The van der Waals surface area contributed by atoms with E-state index in [1.807, 2.05) is 18.5 Å². The van der Waals surface area contributed by atoms with E-state index in [-0.39, 0.29) is 0 Å². The summed E-state index contributed by atoms with van der Waals surface area (Å²) >= 11 is 0. The highest BCUT2D eigenvalue weighted by molar-refractivity contribution is 5.10. The van der Waals surface area contributed by atoms with Crippen LogP contribution in [0.2, 0.25) is 0 Å². The summed E-state index contributed by atoms with van der Waals surface area (Å²) in [6.07, 6.45) is 8.92. The van der Waals surface area contributed by atoms with Gasteiger partial charge in [0.05, 0.1) is 6.10 Å². The Balaban J connectivity index is 1.62. The number of fused-ring (bicyclic) bond motifs is 1. The molecule has 0 amide bonds. The average Bonchev–Trinajstić information content (AvgIpc) is 2.79. The maximum absolute atomic E-state index is 5.89. The van der Waals surface area contributed by atoms with Crippen LogP contribution in [-0.2, 0) is 11.3 Å². The Kier molecular flexibility index (Phi) is 2.43. The minimum absolute atomic E-state index is 0.375. The number of hydrogen-bond donors (Lipinski definition) is 0. The van der Waals surface area contributed by atoms with Crippen LogP contribution in [0.5, 0.6) is 0 Å². The lowest BCUT2D eigenvalue weighted by Crippen LogP contribution is -2.21. The van der Waals surface area contributed by atoms with Crippen molar-refractivity contribution in [1.82, 2.24) is 10.0 Å². The van der Waals surface area contributed by atoms with Crippen molar-refractivity contribution in [3.8, 4) is 0 Å². The van der Waals surface area contributed by atoms with Crippen LogP contribution in [0.3, 0.4) is 0 Å². The molecule has 2 atom stereocenters. The molecule has 1 aromatic heterocycles. The molecule has 0 spiro atoms. The third-order valence-electron chi connectivity index (χ3n) is 3.33. The van der Waals surface area contributed by atoms with Crippen LogP contribution in [0, 0.1) is 0 Å².